The molecule has 70 valence electrons. The highest BCUT2D eigenvalue weighted by atomic mass is 16.1. The van der Waals surface area contributed by atoms with Crippen LogP contribution in [0.1, 0.15) is 17.3 Å². The number of ketones is 2. The van der Waals surface area contributed by atoms with Gasteiger partial charge in [-0.25, -0.2) is 0 Å². The molecule has 0 bridgehead atoms. The molecule has 0 saturated heterocycles. The molecule has 3 nitrogen and oxygen atoms in total. The van der Waals surface area contributed by atoms with Crippen molar-refractivity contribution in [2.45, 2.75) is 6.92 Å². The third-order valence-electron chi connectivity index (χ3n) is 1.86. The second-order valence-electron chi connectivity index (χ2n) is 2.90. The molecule has 0 heterocycles. The third-order valence-corrected chi connectivity index (χ3v) is 1.86. The van der Waals surface area contributed by atoms with E-state index in [1.165, 1.54) is 6.92 Å². The first-order valence-corrected chi connectivity index (χ1v) is 4.16. The van der Waals surface area contributed by atoms with E-state index < -0.39 is 17.5 Å². The topological polar surface area (TPSA) is 57.9 Å². The molecular formula is C11H9NO2. The molecule has 0 aliphatic carbocycles. The molecule has 14 heavy (non-hydrogen) atoms. The Bertz CT molecular complexity index is 389. The number of Topliss-reactive ketones (excluding diaryl/α,β-unsaturated/α-hetero) is 2. The van der Waals surface area contributed by atoms with Crippen molar-refractivity contribution in [3.8, 4) is 6.07 Å². The largest absolute Gasteiger partial charge is 0.298 e. The first-order chi connectivity index (χ1) is 6.66. The van der Waals surface area contributed by atoms with Gasteiger partial charge in [0.15, 0.2) is 17.5 Å². The summed E-state index contributed by atoms with van der Waals surface area (Å²) in [4.78, 5) is 22.5. The highest BCUT2D eigenvalue weighted by Gasteiger charge is 2.23. The molecule has 1 unspecified atom stereocenters. The van der Waals surface area contributed by atoms with Gasteiger partial charge in [0.05, 0.1) is 6.07 Å². The van der Waals surface area contributed by atoms with E-state index in [9.17, 15) is 9.59 Å². The maximum atomic E-state index is 11.6. The Labute approximate surface area is 82.0 Å². The fraction of sp³-hybridized carbons (Fsp3) is 0.182. The minimum Gasteiger partial charge on any atom is -0.298 e. The van der Waals surface area contributed by atoms with Gasteiger partial charge in [-0.1, -0.05) is 30.3 Å². The van der Waals surface area contributed by atoms with Crippen LogP contribution >= 0.6 is 0 Å². The summed E-state index contributed by atoms with van der Waals surface area (Å²) in [6, 6.07) is 10.0. The monoisotopic (exact) mass is 187 g/mol. The molecule has 1 rings (SSSR count). The van der Waals surface area contributed by atoms with Gasteiger partial charge >= 0.3 is 0 Å². The Hall–Kier alpha value is -1.95. The minimum absolute atomic E-state index is 0.397. The van der Waals surface area contributed by atoms with Crippen LogP contribution < -0.4 is 0 Å². The second kappa shape index (κ2) is 4.33. The molecule has 0 aromatic heterocycles. The molecule has 1 aromatic rings. The average molecular weight is 187 g/mol. The lowest BCUT2D eigenvalue weighted by molar-refractivity contribution is -0.118. The van der Waals surface area contributed by atoms with Gasteiger partial charge in [-0.2, -0.15) is 5.26 Å². The number of nitrogens with zero attached hydrogens (tertiary/aromatic N) is 1. The lowest BCUT2D eigenvalue weighted by Crippen LogP contribution is -2.20. The molecule has 0 spiro atoms. The lowest BCUT2D eigenvalue weighted by Gasteiger charge is -2.03. The lowest BCUT2D eigenvalue weighted by atomic mass is 9.96. The van der Waals surface area contributed by atoms with Crippen molar-refractivity contribution in [3.63, 3.8) is 0 Å². The summed E-state index contributed by atoms with van der Waals surface area (Å²) < 4.78 is 0. The van der Waals surface area contributed by atoms with Gasteiger partial charge in [-0.3, -0.25) is 9.59 Å². The van der Waals surface area contributed by atoms with E-state index in [1.807, 2.05) is 0 Å². The van der Waals surface area contributed by atoms with Crippen molar-refractivity contribution < 1.29 is 9.59 Å². The van der Waals surface area contributed by atoms with Crippen LogP contribution in [0.25, 0.3) is 0 Å². The van der Waals surface area contributed by atoms with E-state index in [0.29, 0.717) is 5.56 Å². The fourth-order valence-corrected chi connectivity index (χ4v) is 1.10. The van der Waals surface area contributed by atoms with Gasteiger partial charge in [0.2, 0.25) is 0 Å². The summed E-state index contributed by atoms with van der Waals surface area (Å²) >= 11 is 0. The van der Waals surface area contributed by atoms with E-state index in [1.54, 1.807) is 36.4 Å². The fourth-order valence-electron chi connectivity index (χ4n) is 1.10. The number of carbonyl (C=O) groups is 2. The van der Waals surface area contributed by atoms with Crippen LogP contribution in [-0.4, -0.2) is 11.6 Å². The molecule has 0 N–H and O–H groups in total. The van der Waals surface area contributed by atoms with Crippen LogP contribution in [0.15, 0.2) is 30.3 Å². The minimum atomic E-state index is -1.17. The second-order valence-corrected chi connectivity index (χ2v) is 2.90. The Kier molecular flexibility index (Phi) is 3.14. The third kappa shape index (κ3) is 2.05. The van der Waals surface area contributed by atoms with Crippen LogP contribution in [0.3, 0.4) is 0 Å². The summed E-state index contributed by atoms with van der Waals surface area (Å²) in [6.45, 7) is 1.24. The summed E-state index contributed by atoms with van der Waals surface area (Å²) in [5, 5.41) is 8.64. The van der Waals surface area contributed by atoms with Crippen molar-refractivity contribution in [2.24, 2.45) is 5.92 Å². The standard InChI is InChI=1S/C11H9NO2/c1-8(13)10(7-12)11(14)9-5-3-2-4-6-9/h2-6,10H,1H3. The van der Waals surface area contributed by atoms with Crippen LogP contribution in [0.2, 0.25) is 0 Å². The van der Waals surface area contributed by atoms with E-state index >= 15 is 0 Å². The van der Waals surface area contributed by atoms with Gasteiger partial charge in [-0.05, 0) is 6.92 Å². The highest BCUT2D eigenvalue weighted by Crippen LogP contribution is 2.08. The van der Waals surface area contributed by atoms with Crippen molar-refractivity contribution >= 4 is 11.6 Å². The number of hydrogen-bond donors (Lipinski definition) is 0. The molecule has 1 aromatic carbocycles. The van der Waals surface area contributed by atoms with Crippen molar-refractivity contribution in [3.05, 3.63) is 35.9 Å². The normalized spacial score (nSPS) is 11.4. The van der Waals surface area contributed by atoms with E-state index in [-0.39, 0.29) is 0 Å². The predicted octanol–water partition coefficient (Wildman–Crippen LogP) is 1.60. The van der Waals surface area contributed by atoms with Crippen molar-refractivity contribution in [2.75, 3.05) is 0 Å². The molecule has 0 amide bonds. The Balaban J connectivity index is 2.97. The highest BCUT2D eigenvalue weighted by molar-refractivity contribution is 6.12. The smallest absolute Gasteiger partial charge is 0.187 e. The summed E-state index contributed by atoms with van der Waals surface area (Å²) in [5.74, 6) is -2.01. The predicted molar refractivity (Wildman–Crippen MR) is 50.6 cm³/mol. The van der Waals surface area contributed by atoms with Gasteiger partial charge in [0.1, 0.15) is 0 Å². The molecule has 0 radical (unpaired) electrons. The summed E-state index contributed by atoms with van der Waals surface area (Å²) in [5.41, 5.74) is 0.397. The zero-order valence-corrected chi connectivity index (χ0v) is 7.73. The van der Waals surface area contributed by atoms with Gasteiger partial charge in [0, 0.05) is 5.56 Å². The number of nitriles is 1. The van der Waals surface area contributed by atoms with Crippen molar-refractivity contribution in [1.29, 1.82) is 5.26 Å². The molecular weight excluding hydrogens is 178 g/mol. The zero-order chi connectivity index (χ0) is 10.6. The Morgan fingerprint density at radius 1 is 1.29 bits per heavy atom. The molecule has 3 heteroatoms. The van der Waals surface area contributed by atoms with E-state index in [0.717, 1.165) is 0 Å². The molecule has 0 saturated carbocycles. The number of rotatable bonds is 3. The Morgan fingerprint density at radius 3 is 2.29 bits per heavy atom. The maximum absolute atomic E-state index is 11.6. The van der Waals surface area contributed by atoms with Gasteiger partial charge in [-0.15, -0.1) is 0 Å². The summed E-state index contributed by atoms with van der Waals surface area (Å²) in [7, 11) is 0. The maximum Gasteiger partial charge on any atom is 0.187 e. The molecule has 1 atom stereocenters. The Morgan fingerprint density at radius 2 is 1.86 bits per heavy atom. The van der Waals surface area contributed by atoms with Crippen LogP contribution in [0.4, 0.5) is 0 Å². The SMILES string of the molecule is CC(=O)C(C#N)C(=O)c1ccccc1. The zero-order valence-electron chi connectivity index (χ0n) is 7.73. The average Bonchev–Trinajstić information content (AvgIpc) is 2.19. The van der Waals surface area contributed by atoms with Gasteiger partial charge in [0.25, 0.3) is 0 Å². The van der Waals surface area contributed by atoms with Crippen molar-refractivity contribution in [1.82, 2.24) is 0 Å². The van der Waals surface area contributed by atoms with Crippen LogP contribution in [-0.2, 0) is 4.79 Å². The van der Waals surface area contributed by atoms with E-state index in [4.69, 9.17) is 5.26 Å². The molecule has 0 aliphatic heterocycles. The van der Waals surface area contributed by atoms with Gasteiger partial charge < -0.3 is 0 Å². The first-order valence-electron chi connectivity index (χ1n) is 4.16. The van der Waals surface area contributed by atoms with E-state index in [2.05, 4.69) is 0 Å². The number of benzene rings is 1. The molecule has 0 fully saturated rings. The van der Waals surface area contributed by atoms with Crippen LogP contribution in [0.5, 0.6) is 0 Å². The first kappa shape index (κ1) is 10.1. The summed E-state index contributed by atoms with van der Waals surface area (Å²) in [6.07, 6.45) is 0. The van der Waals surface area contributed by atoms with Crippen LogP contribution in [0, 0.1) is 17.2 Å². The number of hydrogen-bond acceptors (Lipinski definition) is 3. The quantitative estimate of drug-likeness (QED) is 0.533. The number of carbonyl (C=O) groups excluding carboxylic acids is 2. The molecule has 0 aliphatic rings.